The van der Waals surface area contributed by atoms with Gasteiger partial charge in [-0.25, -0.2) is 0 Å². The Morgan fingerprint density at radius 1 is 1.25 bits per heavy atom. The van der Waals surface area contributed by atoms with Gasteiger partial charge in [0.25, 0.3) is 0 Å². The molecule has 0 aliphatic carbocycles. The molecule has 0 saturated carbocycles. The quantitative estimate of drug-likeness (QED) is 0.500. The maximum absolute atomic E-state index is 5.87. The normalized spacial score (nSPS) is 10.4. The maximum Gasteiger partial charge on any atom is 0.137 e. The van der Waals surface area contributed by atoms with E-state index in [0.717, 1.165) is 28.8 Å². The summed E-state index contributed by atoms with van der Waals surface area (Å²) in [7, 11) is 0. The number of para-hydroxylation sites is 1. The molecule has 1 rings (SSSR count). The zero-order valence-electron chi connectivity index (χ0n) is 9.64. The molecule has 3 heteroatoms. The Morgan fingerprint density at radius 2 is 2.06 bits per heavy atom. The third-order valence-corrected chi connectivity index (χ3v) is 3.35. The first-order valence-corrected chi connectivity index (χ1v) is 7.08. The summed E-state index contributed by atoms with van der Waals surface area (Å²) in [5, 5.41) is 0. The van der Waals surface area contributed by atoms with Crippen molar-refractivity contribution < 1.29 is 4.74 Å². The largest absolute Gasteiger partial charge is 0.492 e. The molecule has 16 heavy (non-hydrogen) atoms. The van der Waals surface area contributed by atoms with Gasteiger partial charge in [0.2, 0.25) is 0 Å². The minimum Gasteiger partial charge on any atom is -0.492 e. The van der Waals surface area contributed by atoms with Gasteiger partial charge in [-0.3, -0.25) is 0 Å². The van der Waals surface area contributed by atoms with Crippen LogP contribution in [0, 0.1) is 0 Å². The molecule has 0 fully saturated rings. The average molecular weight is 306 g/mol. The summed E-state index contributed by atoms with van der Waals surface area (Å²) in [6.45, 7) is 2.98. The van der Waals surface area contributed by atoms with Crippen LogP contribution in [0.15, 0.2) is 22.7 Å². The van der Waals surface area contributed by atoms with Crippen LogP contribution in [0.2, 0.25) is 0 Å². The van der Waals surface area contributed by atoms with Crippen LogP contribution in [0.3, 0.4) is 0 Å². The predicted molar refractivity (Wildman–Crippen MR) is 73.3 cm³/mol. The second kappa shape index (κ2) is 7.97. The molecule has 0 aromatic heterocycles. The lowest BCUT2D eigenvalue weighted by molar-refractivity contribution is 0.301. The summed E-state index contributed by atoms with van der Waals surface area (Å²) in [5.74, 6) is 1.39. The minimum atomic E-state index is 0.490. The molecule has 0 spiro atoms. The number of benzene rings is 1. The summed E-state index contributed by atoms with van der Waals surface area (Å²) >= 11 is 9.35. The Balaban J connectivity index is 2.46. The lowest BCUT2D eigenvalue weighted by atomic mass is 10.2. The van der Waals surface area contributed by atoms with E-state index in [-0.39, 0.29) is 0 Å². The van der Waals surface area contributed by atoms with Crippen LogP contribution in [0.1, 0.15) is 38.2 Å². The second-order valence-electron chi connectivity index (χ2n) is 3.77. The fraction of sp³-hybridized carbons (Fsp3) is 0.538. The number of alkyl halides is 1. The molecule has 0 aliphatic heterocycles. The van der Waals surface area contributed by atoms with Gasteiger partial charge in [0.05, 0.1) is 17.0 Å². The standard InChI is InChI=1S/C13H18BrClO/c1-2-3-4-5-9-16-13-11(10-15)7-6-8-12(13)14/h6-8H,2-5,9-10H2,1H3. The van der Waals surface area contributed by atoms with Crippen LogP contribution in [-0.2, 0) is 5.88 Å². The highest BCUT2D eigenvalue weighted by molar-refractivity contribution is 9.10. The molecule has 1 aromatic rings. The Labute approximate surface area is 111 Å². The van der Waals surface area contributed by atoms with Gasteiger partial charge in [-0.05, 0) is 28.4 Å². The van der Waals surface area contributed by atoms with Gasteiger partial charge in [0, 0.05) is 5.56 Å². The van der Waals surface area contributed by atoms with E-state index >= 15 is 0 Å². The van der Waals surface area contributed by atoms with E-state index in [1.807, 2.05) is 18.2 Å². The van der Waals surface area contributed by atoms with Crippen molar-refractivity contribution in [2.45, 2.75) is 38.5 Å². The van der Waals surface area contributed by atoms with Gasteiger partial charge in [-0.1, -0.05) is 38.3 Å². The average Bonchev–Trinajstić information content (AvgIpc) is 2.30. The molecule has 0 radical (unpaired) electrons. The van der Waals surface area contributed by atoms with E-state index in [4.69, 9.17) is 16.3 Å². The third-order valence-electron chi connectivity index (χ3n) is 2.44. The highest BCUT2D eigenvalue weighted by Gasteiger charge is 2.06. The first-order chi connectivity index (χ1) is 7.79. The number of halogens is 2. The van der Waals surface area contributed by atoms with Crippen LogP contribution in [-0.4, -0.2) is 6.61 Å². The van der Waals surface area contributed by atoms with Crippen molar-refractivity contribution in [3.63, 3.8) is 0 Å². The van der Waals surface area contributed by atoms with Gasteiger partial charge in [0.15, 0.2) is 0 Å². The van der Waals surface area contributed by atoms with Gasteiger partial charge in [0.1, 0.15) is 5.75 Å². The highest BCUT2D eigenvalue weighted by atomic mass is 79.9. The Kier molecular flexibility index (Phi) is 6.90. The molecule has 0 amide bonds. The number of hydrogen-bond acceptors (Lipinski definition) is 1. The monoisotopic (exact) mass is 304 g/mol. The fourth-order valence-corrected chi connectivity index (χ4v) is 2.26. The van der Waals surface area contributed by atoms with Crippen LogP contribution in [0.25, 0.3) is 0 Å². The molecule has 0 saturated heterocycles. The number of rotatable bonds is 7. The zero-order chi connectivity index (χ0) is 11.8. The van der Waals surface area contributed by atoms with Crippen molar-refractivity contribution in [1.82, 2.24) is 0 Å². The zero-order valence-corrected chi connectivity index (χ0v) is 12.0. The molecule has 1 nitrogen and oxygen atoms in total. The summed E-state index contributed by atoms with van der Waals surface area (Å²) in [4.78, 5) is 0. The van der Waals surface area contributed by atoms with E-state index in [0.29, 0.717) is 5.88 Å². The van der Waals surface area contributed by atoms with E-state index in [1.165, 1.54) is 19.3 Å². The summed E-state index contributed by atoms with van der Waals surface area (Å²) in [6.07, 6.45) is 4.87. The van der Waals surface area contributed by atoms with E-state index in [9.17, 15) is 0 Å². The van der Waals surface area contributed by atoms with E-state index < -0.39 is 0 Å². The summed E-state index contributed by atoms with van der Waals surface area (Å²) < 4.78 is 6.76. The first kappa shape index (κ1) is 13.9. The molecule has 0 N–H and O–H groups in total. The molecular weight excluding hydrogens is 287 g/mol. The molecule has 1 aromatic carbocycles. The first-order valence-electron chi connectivity index (χ1n) is 5.75. The second-order valence-corrected chi connectivity index (χ2v) is 4.89. The third kappa shape index (κ3) is 4.34. The molecule has 0 unspecified atom stereocenters. The Hall–Kier alpha value is -0.210. The van der Waals surface area contributed by atoms with Crippen molar-refractivity contribution >= 4 is 27.5 Å². The number of ether oxygens (including phenoxy) is 1. The van der Waals surface area contributed by atoms with E-state index in [2.05, 4.69) is 22.9 Å². The van der Waals surface area contributed by atoms with Crippen LogP contribution >= 0.6 is 27.5 Å². The lowest BCUT2D eigenvalue weighted by Gasteiger charge is -2.11. The smallest absolute Gasteiger partial charge is 0.137 e. The van der Waals surface area contributed by atoms with Crippen LogP contribution in [0.4, 0.5) is 0 Å². The molecule has 0 bridgehead atoms. The topological polar surface area (TPSA) is 9.23 Å². The summed E-state index contributed by atoms with van der Waals surface area (Å²) in [5.41, 5.74) is 1.05. The number of hydrogen-bond donors (Lipinski definition) is 0. The van der Waals surface area contributed by atoms with Crippen molar-refractivity contribution in [2.24, 2.45) is 0 Å². The fourth-order valence-electron chi connectivity index (χ4n) is 1.52. The highest BCUT2D eigenvalue weighted by Crippen LogP contribution is 2.30. The van der Waals surface area contributed by atoms with Crippen molar-refractivity contribution in [3.8, 4) is 5.75 Å². The maximum atomic E-state index is 5.87. The molecular formula is C13H18BrClO. The lowest BCUT2D eigenvalue weighted by Crippen LogP contribution is -2.00. The Bertz CT molecular complexity index is 315. The SMILES string of the molecule is CCCCCCOc1c(Br)cccc1CCl. The van der Waals surface area contributed by atoms with Gasteiger partial charge >= 0.3 is 0 Å². The van der Waals surface area contributed by atoms with Gasteiger partial charge in [-0.2, -0.15) is 0 Å². The Morgan fingerprint density at radius 3 is 2.75 bits per heavy atom. The minimum absolute atomic E-state index is 0.490. The van der Waals surface area contributed by atoms with Crippen molar-refractivity contribution in [1.29, 1.82) is 0 Å². The van der Waals surface area contributed by atoms with Crippen molar-refractivity contribution in [3.05, 3.63) is 28.2 Å². The predicted octanol–water partition coefficient (Wildman–Crippen LogP) is 5.15. The molecule has 90 valence electrons. The van der Waals surface area contributed by atoms with Crippen LogP contribution < -0.4 is 4.74 Å². The van der Waals surface area contributed by atoms with Gasteiger partial charge < -0.3 is 4.74 Å². The van der Waals surface area contributed by atoms with E-state index in [1.54, 1.807) is 0 Å². The molecule has 0 aliphatic rings. The number of unbranched alkanes of at least 4 members (excludes halogenated alkanes) is 3. The molecule has 0 heterocycles. The van der Waals surface area contributed by atoms with Crippen molar-refractivity contribution in [2.75, 3.05) is 6.61 Å². The molecule has 0 atom stereocenters. The van der Waals surface area contributed by atoms with Gasteiger partial charge in [-0.15, -0.1) is 11.6 Å². The van der Waals surface area contributed by atoms with Crippen LogP contribution in [0.5, 0.6) is 5.75 Å². The summed E-state index contributed by atoms with van der Waals surface area (Å²) in [6, 6.07) is 5.96.